The molecule has 1 aromatic rings. The van der Waals surface area contributed by atoms with E-state index < -0.39 is 0 Å². The van der Waals surface area contributed by atoms with Crippen molar-refractivity contribution in [3.05, 3.63) is 10.5 Å². The van der Waals surface area contributed by atoms with E-state index >= 15 is 0 Å². The van der Waals surface area contributed by atoms with Gasteiger partial charge in [-0.05, 0) is 13.3 Å². The zero-order valence-corrected chi connectivity index (χ0v) is 9.81. The monoisotopic (exact) mass is 232 g/mol. The van der Waals surface area contributed by atoms with E-state index in [9.17, 15) is 0 Å². The molecule has 14 heavy (non-hydrogen) atoms. The third-order valence-corrected chi connectivity index (χ3v) is 3.85. The van der Waals surface area contributed by atoms with Crippen LogP contribution in [0.25, 0.3) is 0 Å². The molecule has 2 heterocycles. The summed E-state index contributed by atoms with van der Waals surface area (Å²) in [5.74, 6) is 0. The van der Waals surface area contributed by atoms with E-state index in [1.165, 1.54) is 0 Å². The smallest absolute Gasteiger partial charge is 0.186 e. The Labute approximate surface area is 92.7 Å². The van der Waals surface area contributed by atoms with Crippen LogP contribution in [0, 0.1) is 0 Å². The standard InChI is InChI=1S/C9H13ClN2OS/c1-6-7(3-4-13-6)12(2)9-11-8(10)5-14-9/h5-7H,3-4H2,1-2H3. The normalized spacial score (nSPS) is 26.8. The number of hydrogen-bond acceptors (Lipinski definition) is 4. The zero-order valence-electron chi connectivity index (χ0n) is 8.24. The summed E-state index contributed by atoms with van der Waals surface area (Å²) < 4.78 is 5.52. The van der Waals surface area contributed by atoms with E-state index in [1.807, 2.05) is 12.4 Å². The van der Waals surface area contributed by atoms with Gasteiger partial charge in [0.05, 0.1) is 12.1 Å². The van der Waals surface area contributed by atoms with Gasteiger partial charge in [0.1, 0.15) is 5.15 Å². The molecule has 0 bridgehead atoms. The van der Waals surface area contributed by atoms with Crippen LogP contribution in [0.15, 0.2) is 5.38 Å². The summed E-state index contributed by atoms with van der Waals surface area (Å²) in [6.07, 6.45) is 1.34. The van der Waals surface area contributed by atoms with E-state index in [0.29, 0.717) is 11.2 Å². The van der Waals surface area contributed by atoms with Crippen molar-refractivity contribution in [1.82, 2.24) is 4.98 Å². The van der Waals surface area contributed by atoms with Crippen molar-refractivity contribution in [3.8, 4) is 0 Å². The molecule has 2 atom stereocenters. The molecular formula is C9H13ClN2OS. The predicted octanol–water partition coefficient (Wildman–Crippen LogP) is 2.41. The molecule has 0 N–H and O–H groups in total. The Hall–Kier alpha value is -0.320. The number of halogens is 1. The molecule has 2 rings (SSSR count). The fraction of sp³-hybridized carbons (Fsp3) is 0.667. The van der Waals surface area contributed by atoms with Gasteiger partial charge in [0.2, 0.25) is 0 Å². The number of anilines is 1. The molecule has 0 aromatic carbocycles. The number of hydrogen-bond donors (Lipinski definition) is 0. The van der Waals surface area contributed by atoms with E-state index in [0.717, 1.165) is 18.2 Å². The summed E-state index contributed by atoms with van der Waals surface area (Å²) >= 11 is 7.36. The van der Waals surface area contributed by atoms with Crippen molar-refractivity contribution in [3.63, 3.8) is 0 Å². The molecular weight excluding hydrogens is 220 g/mol. The first kappa shape index (κ1) is 10.2. The maximum Gasteiger partial charge on any atom is 0.186 e. The molecule has 0 aliphatic carbocycles. The minimum absolute atomic E-state index is 0.280. The lowest BCUT2D eigenvalue weighted by molar-refractivity contribution is 0.118. The number of aromatic nitrogens is 1. The maximum atomic E-state index is 5.79. The van der Waals surface area contributed by atoms with Gasteiger partial charge in [0, 0.05) is 19.0 Å². The highest BCUT2D eigenvalue weighted by Crippen LogP contribution is 2.28. The summed E-state index contributed by atoms with van der Waals surface area (Å²) in [5, 5.41) is 3.40. The fourth-order valence-electron chi connectivity index (χ4n) is 1.78. The maximum absolute atomic E-state index is 5.79. The number of rotatable bonds is 2. The molecule has 2 unspecified atom stereocenters. The molecule has 5 heteroatoms. The lowest BCUT2D eigenvalue weighted by Gasteiger charge is -2.25. The van der Waals surface area contributed by atoms with Crippen molar-refractivity contribution in [2.24, 2.45) is 0 Å². The molecule has 78 valence electrons. The Morgan fingerprint density at radius 3 is 3.00 bits per heavy atom. The highest BCUT2D eigenvalue weighted by Gasteiger charge is 2.29. The Morgan fingerprint density at radius 1 is 1.71 bits per heavy atom. The molecule has 1 aliphatic rings. The van der Waals surface area contributed by atoms with Crippen LogP contribution in [0.5, 0.6) is 0 Å². The van der Waals surface area contributed by atoms with Crippen LogP contribution in [-0.4, -0.2) is 30.8 Å². The molecule has 0 radical (unpaired) electrons. The van der Waals surface area contributed by atoms with Crippen molar-refractivity contribution in [1.29, 1.82) is 0 Å². The first-order chi connectivity index (χ1) is 6.68. The van der Waals surface area contributed by atoms with Crippen LogP contribution in [0.4, 0.5) is 5.13 Å². The summed E-state index contributed by atoms with van der Waals surface area (Å²) in [6, 6.07) is 0.428. The minimum atomic E-state index is 0.280. The van der Waals surface area contributed by atoms with Gasteiger partial charge in [-0.15, -0.1) is 11.3 Å². The third-order valence-electron chi connectivity index (χ3n) is 2.60. The van der Waals surface area contributed by atoms with Gasteiger partial charge in [-0.3, -0.25) is 0 Å². The van der Waals surface area contributed by atoms with E-state index in [1.54, 1.807) is 11.3 Å². The molecule has 1 saturated heterocycles. The van der Waals surface area contributed by atoms with E-state index in [2.05, 4.69) is 16.8 Å². The number of nitrogens with zero attached hydrogens (tertiary/aromatic N) is 2. The Bertz CT molecular complexity index is 318. The topological polar surface area (TPSA) is 25.4 Å². The van der Waals surface area contributed by atoms with Gasteiger partial charge in [0.15, 0.2) is 5.13 Å². The van der Waals surface area contributed by atoms with Crippen LogP contribution < -0.4 is 4.90 Å². The second kappa shape index (κ2) is 4.04. The van der Waals surface area contributed by atoms with Gasteiger partial charge in [-0.25, -0.2) is 4.98 Å². The van der Waals surface area contributed by atoms with E-state index in [4.69, 9.17) is 16.3 Å². The quantitative estimate of drug-likeness (QED) is 0.783. The minimum Gasteiger partial charge on any atom is -0.376 e. The summed E-state index contributed by atoms with van der Waals surface area (Å²) in [4.78, 5) is 6.40. The average molecular weight is 233 g/mol. The van der Waals surface area contributed by atoms with Gasteiger partial charge in [0.25, 0.3) is 0 Å². The number of likely N-dealkylation sites (N-methyl/N-ethyl adjacent to an activating group) is 1. The van der Waals surface area contributed by atoms with Gasteiger partial charge in [-0.1, -0.05) is 11.6 Å². The summed E-state index contributed by atoms with van der Waals surface area (Å²) in [5.41, 5.74) is 0. The van der Waals surface area contributed by atoms with Gasteiger partial charge < -0.3 is 9.64 Å². The Balaban J connectivity index is 2.11. The van der Waals surface area contributed by atoms with Crippen LogP contribution in [0.1, 0.15) is 13.3 Å². The van der Waals surface area contributed by atoms with Gasteiger partial charge >= 0.3 is 0 Å². The summed E-state index contributed by atoms with van der Waals surface area (Å²) in [6.45, 7) is 2.94. The van der Waals surface area contributed by atoms with Crippen molar-refractivity contribution in [2.45, 2.75) is 25.5 Å². The molecule has 1 fully saturated rings. The lowest BCUT2D eigenvalue weighted by Crippen LogP contribution is -2.36. The van der Waals surface area contributed by atoms with Gasteiger partial charge in [-0.2, -0.15) is 0 Å². The second-order valence-electron chi connectivity index (χ2n) is 3.50. The van der Waals surface area contributed by atoms with Crippen LogP contribution >= 0.6 is 22.9 Å². The Kier molecular flexibility index (Phi) is 2.95. The largest absolute Gasteiger partial charge is 0.376 e. The molecule has 0 amide bonds. The van der Waals surface area contributed by atoms with Crippen LogP contribution in [0.2, 0.25) is 5.15 Å². The molecule has 0 spiro atoms. The van der Waals surface area contributed by atoms with Crippen LogP contribution in [-0.2, 0) is 4.74 Å². The average Bonchev–Trinajstić information content (AvgIpc) is 2.73. The third kappa shape index (κ3) is 1.87. The van der Waals surface area contributed by atoms with Crippen molar-refractivity contribution in [2.75, 3.05) is 18.6 Å². The number of thiazole rings is 1. The van der Waals surface area contributed by atoms with Crippen LogP contribution in [0.3, 0.4) is 0 Å². The van der Waals surface area contributed by atoms with Crippen molar-refractivity contribution >= 4 is 28.1 Å². The van der Waals surface area contributed by atoms with E-state index in [-0.39, 0.29) is 6.10 Å². The second-order valence-corrected chi connectivity index (χ2v) is 4.72. The highest BCUT2D eigenvalue weighted by molar-refractivity contribution is 7.14. The fourth-order valence-corrected chi connectivity index (χ4v) is 2.75. The Morgan fingerprint density at radius 2 is 2.50 bits per heavy atom. The molecule has 3 nitrogen and oxygen atoms in total. The zero-order chi connectivity index (χ0) is 10.1. The molecule has 1 aliphatic heterocycles. The highest BCUT2D eigenvalue weighted by atomic mass is 35.5. The first-order valence-corrected chi connectivity index (χ1v) is 5.89. The molecule has 1 aromatic heterocycles. The summed E-state index contributed by atoms with van der Waals surface area (Å²) in [7, 11) is 2.05. The predicted molar refractivity (Wildman–Crippen MR) is 59.3 cm³/mol. The number of ether oxygens (including phenoxy) is 1. The SMILES string of the molecule is CC1OCCC1N(C)c1nc(Cl)cs1. The molecule has 0 saturated carbocycles. The van der Waals surface area contributed by atoms with Crippen molar-refractivity contribution < 1.29 is 4.74 Å². The first-order valence-electron chi connectivity index (χ1n) is 4.64. The lowest BCUT2D eigenvalue weighted by atomic mass is 10.1.